The van der Waals surface area contributed by atoms with Gasteiger partial charge >= 0.3 is 0 Å². The van der Waals surface area contributed by atoms with Gasteiger partial charge in [0.15, 0.2) is 0 Å². The first-order valence-corrected chi connectivity index (χ1v) is 4.69. The zero-order valence-corrected chi connectivity index (χ0v) is 6.99. The Balaban J connectivity index is 3.03. The van der Waals surface area contributed by atoms with Crippen molar-refractivity contribution in [2.45, 2.75) is 4.90 Å². The highest BCUT2D eigenvalue weighted by Gasteiger charge is 2.09. The fourth-order valence-electron chi connectivity index (χ4n) is 0.722. The molecule has 0 bridgehead atoms. The molecule has 1 rings (SSSR count). The summed E-state index contributed by atoms with van der Waals surface area (Å²) in [6.45, 7) is 0. The van der Waals surface area contributed by atoms with Gasteiger partial charge < -0.3 is 4.55 Å². The monoisotopic (exact) mass is 174 g/mol. The summed E-state index contributed by atoms with van der Waals surface area (Å²) >= 11 is 0. The molecule has 0 heterocycles. The predicted molar refractivity (Wildman–Crippen MR) is 43.9 cm³/mol. The highest BCUT2D eigenvalue weighted by atomic mass is 32.3. The quantitative estimate of drug-likeness (QED) is 0.660. The minimum Gasteiger partial charge on any atom is -0.306 e. The standard InChI is InChI=1S/C7H10O3S/c1-10-11(8,9)7-5-3-2-4-6-7/h2-6,11H,1H3,(H,8,9). The molecule has 3 nitrogen and oxygen atoms in total. The number of thiol groups is 1. The van der Waals surface area contributed by atoms with E-state index in [1.165, 1.54) is 7.11 Å². The van der Waals surface area contributed by atoms with E-state index in [0.29, 0.717) is 4.90 Å². The second kappa shape index (κ2) is 3.13. The van der Waals surface area contributed by atoms with Crippen LogP contribution in [0, 0.1) is 0 Å². The van der Waals surface area contributed by atoms with E-state index in [-0.39, 0.29) is 0 Å². The highest BCUT2D eigenvalue weighted by Crippen LogP contribution is 2.14. The van der Waals surface area contributed by atoms with Crippen molar-refractivity contribution in [3.63, 3.8) is 0 Å². The van der Waals surface area contributed by atoms with Crippen molar-refractivity contribution in [1.82, 2.24) is 0 Å². The first-order chi connectivity index (χ1) is 5.17. The maximum absolute atomic E-state index is 11.1. The summed E-state index contributed by atoms with van der Waals surface area (Å²) in [5, 5.41) is 0. The lowest BCUT2D eigenvalue weighted by molar-refractivity contribution is 0.354. The van der Waals surface area contributed by atoms with Crippen LogP contribution in [0.3, 0.4) is 0 Å². The summed E-state index contributed by atoms with van der Waals surface area (Å²) in [7, 11) is -2.31. The lowest BCUT2D eigenvalue weighted by Crippen LogP contribution is -2.11. The normalized spacial score (nSPS) is 12.9. The minimum atomic E-state index is -3.53. The Labute approximate surface area is 66.5 Å². The van der Waals surface area contributed by atoms with E-state index in [9.17, 15) is 4.21 Å². The van der Waals surface area contributed by atoms with Crippen LogP contribution < -0.4 is 0 Å². The van der Waals surface area contributed by atoms with Crippen molar-refractivity contribution >= 4 is 10.5 Å². The van der Waals surface area contributed by atoms with Gasteiger partial charge in [0.1, 0.15) is 10.5 Å². The van der Waals surface area contributed by atoms with Gasteiger partial charge in [-0.05, 0) is 12.1 Å². The van der Waals surface area contributed by atoms with Crippen LogP contribution in [0.5, 0.6) is 0 Å². The van der Waals surface area contributed by atoms with Crippen molar-refractivity contribution in [1.29, 1.82) is 0 Å². The van der Waals surface area contributed by atoms with Crippen LogP contribution >= 0.6 is 0 Å². The molecule has 0 fully saturated rings. The fraction of sp³-hybridized carbons (Fsp3) is 0.143. The van der Waals surface area contributed by atoms with E-state index in [4.69, 9.17) is 4.55 Å². The lowest BCUT2D eigenvalue weighted by atomic mass is 10.4. The Bertz CT molecular complexity index is 270. The van der Waals surface area contributed by atoms with E-state index >= 15 is 0 Å². The van der Waals surface area contributed by atoms with Crippen molar-refractivity contribution in [3.05, 3.63) is 30.3 Å². The Kier molecular flexibility index (Phi) is 2.38. The SMILES string of the molecule is CO[SH](=O)(O)c1ccccc1. The van der Waals surface area contributed by atoms with Gasteiger partial charge in [-0.1, -0.05) is 18.2 Å². The Morgan fingerprint density at radius 3 is 2.36 bits per heavy atom. The van der Waals surface area contributed by atoms with Gasteiger partial charge in [0.2, 0.25) is 0 Å². The molecule has 0 saturated heterocycles. The number of hydrogen-bond acceptors (Lipinski definition) is 2. The molecule has 1 N–H and O–H groups in total. The molecular formula is C7H10O3S. The number of rotatable bonds is 2. The van der Waals surface area contributed by atoms with Crippen molar-refractivity contribution in [2.24, 2.45) is 0 Å². The van der Waals surface area contributed by atoms with Gasteiger partial charge in [-0.3, -0.25) is 4.18 Å². The van der Waals surface area contributed by atoms with Gasteiger partial charge in [0.25, 0.3) is 0 Å². The summed E-state index contributed by atoms with van der Waals surface area (Å²) in [4.78, 5) is 0.322. The molecule has 0 radical (unpaired) electrons. The largest absolute Gasteiger partial charge is 0.306 e. The van der Waals surface area contributed by atoms with Gasteiger partial charge in [-0.25, -0.2) is 4.21 Å². The molecule has 0 aromatic heterocycles. The second-order valence-electron chi connectivity index (χ2n) is 2.04. The molecule has 0 atom stereocenters. The molecule has 11 heavy (non-hydrogen) atoms. The zero-order valence-electron chi connectivity index (χ0n) is 6.10. The van der Waals surface area contributed by atoms with Crippen LogP contribution in [0.25, 0.3) is 0 Å². The van der Waals surface area contributed by atoms with E-state index in [1.54, 1.807) is 30.3 Å². The van der Waals surface area contributed by atoms with Gasteiger partial charge in [-0.2, -0.15) is 0 Å². The van der Waals surface area contributed by atoms with Crippen LogP contribution in [0.15, 0.2) is 35.2 Å². The predicted octanol–water partition coefficient (Wildman–Crippen LogP) is 1.10. The fourth-order valence-corrected chi connectivity index (χ4v) is 1.48. The highest BCUT2D eigenvalue weighted by molar-refractivity contribution is 7.93. The van der Waals surface area contributed by atoms with Gasteiger partial charge in [0, 0.05) is 0 Å². The van der Waals surface area contributed by atoms with Crippen molar-refractivity contribution in [3.8, 4) is 0 Å². The third-order valence-corrected chi connectivity index (χ3v) is 2.78. The van der Waals surface area contributed by atoms with Crippen LogP contribution in [-0.2, 0) is 14.7 Å². The molecular weight excluding hydrogens is 164 g/mol. The van der Waals surface area contributed by atoms with E-state index in [0.717, 1.165) is 0 Å². The summed E-state index contributed by atoms with van der Waals surface area (Å²) in [6, 6.07) is 8.28. The average Bonchev–Trinajstić information content (AvgIpc) is 2.06. The molecule has 1 aromatic carbocycles. The minimum absolute atomic E-state index is 0.322. The second-order valence-corrected chi connectivity index (χ2v) is 3.96. The van der Waals surface area contributed by atoms with Crippen LogP contribution in [0.2, 0.25) is 0 Å². The molecule has 0 unspecified atom stereocenters. The summed E-state index contributed by atoms with van der Waals surface area (Å²) in [5.74, 6) is 0. The lowest BCUT2D eigenvalue weighted by Gasteiger charge is -2.14. The van der Waals surface area contributed by atoms with E-state index < -0.39 is 10.5 Å². The van der Waals surface area contributed by atoms with E-state index in [2.05, 4.69) is 4.18 Å². The van der Waals surface area contributed by atoms with Crippen LogP contribution in [0.4, 0.5) is 0 Å². The molecule has 0 aliphatic rings. The molecule has 0 aliphatic heterocycles. The third-order valence-electron chi connectivity index (χ3n) is 1.33. The van der Waals surface area contributed by atoms with Crippen LogP contribution in [-0.4, -0.2) is 15.9 Å². The first-order valence-electron chi connectivity index (χ1n) is 3.11. The molecule has 1 aromatic rings. The maximum Gasteiger partial charge on any atom is 0.102 e. The third kappa shape index (κ3) is 1.86. The zero-order chi connectivity index (χ0) is 8.32. The van der Waals surface area contributed by atoms with Crippen molar-refractivity contribution in [2.75, 3.05) is 7.11 Å². The summed E-state index contributed by atoms with van der Waals surface area (Å²) < 4.78 is 24.7. The first kappa shape index (κ1) is 8.39. The average molecular weight is 174 g/mol. The Hall–Kier alpha value is -0.710. The molecule has 0 amide bonds. The van der Waals surface area contributed by atoms with Crippen molar-refractivity contribution < 1.29 is 12.9 Å². The maximum atomic E-state index is 11.1. The topological polar surface area (TPSA) is 46.5 Å². The Morgan fingerprint density at radius 1 is 1.36 bits per heavy atom. The van der Waals surface area contributed by atoms with Gasteiger partial charge in [0.05, 0.1) is 12.0 Å². The van der Waals surface area contributed by atoms with Gasteiger partial charge in [-0.15, -0.1) is 0 Å². The molecule has 0 saturated carbocycles. The summed E-state index contributed by atoms with van der Waals surface area (Å²) in [6.07, 6.45) is 0. The van der Waals surface area contributed by atoms with Crippen LogP contribution in [0.1, 0.15) is 0 Å². The molecule has 62 valence electrons. The van der Waals surface area contributed by atoms with E-state index in [1.807, 2.05) is 0 Å². The number of hydrogen-bond donors (Lipinski definition) is 2. The number of benzene rings is 1. The smallest absolute Gasteiger partial charge is 0.102 e. The molecule has 0 spiro atoms. The molecule has 4 heteroatoms. The Morgan fingerprint density at radius 2 is 1.91 bits per heavy atom. The summed E-state index contributed by atoms with van der Waals surface area (Å²) in [5.41, 5.74) is 0. The molecule has 0 aliphatic carbocycles.